The molecular formula is C18H17NO3S. The van der Waals surface area contributed by atoms with Gasteiger partial charge in [-0.2, -0.15) is 0 Å². The molecule has 0 radical (unpaired) electrons. The zero-order valence-electron chi connectivity index (χ0n) is 12.7. The Hall–Kier alpha value is -2.40. The normalized spacial score (nSPS) is 16.4. The molecule has 4 nitrogen and oxygen atoms in total. The van der Waals surface area contributed by atoms with Gasteiger partial charge in [0.05, 0.1) is 7.11 Å². The number of hydrogen-bond donors (Lipinski definition) is 1. The number of thioether (sulfide) groups is 1. The lowest BCUT2D eigenvalue weighted by Crippen LogP contribution is -2.27. The summed E-state index contributed by atoms with van der Waals surface area (Å²) in [5, 5.41) is 3.62. The van der Waals surface area contributed by atoms with Crippen molar-refractivity contribution in [2.24, 2.45) is 0 Å². The van der Waals surface area contributed by atoms with Crippen LogP contribution in [0.25, 0.3) is 0 Å². The maximum atomic E-state index is 12.3. The Kier molecular flexibility index (Phi) is 4.88. The molecule has 0 aliphatic carbocycles. The van der Waals surface area contributed by atoms with Crippen molar-refractivity contribution >= 4 is 23.4 Å². The maximum absolute atomic E-state index is 12.3. The number of nitrogens with one attached hydrogen (secondary N) is 1. The van der Waals surface area contributed by atoms with Gasteiger partial charge in [-0.15, -0.1) is 0 Å². The highest BCUT2D eigenvalue weighted by atomic mass is 32.2. The number of carbonyl (C=O) groups is 1. The standard InChI is InChI=1S/C18H17NO3S/c1-21-14-7-5-6-13(12-14)19-18(20)16-10-11-17(22-16)23-15-8-3-2-4-9-15/h2-9,11-12,16H,10H2,1H3,(H,19,20). The van der Waals surface area contributed by atoms with E-state index >= 15 is 0 Å². The fourth-order valence-electron chi connectivity index (χ4n) is 2.19. The van der Waals surface area contributed by atoms with Gasteiger partial charge in [0.2, 0.25) is 0 Å². The number of carbonyl (C=O) groups excluding carboxylic acids is 1. The molecule has 0 bridgehead atoms. The molecule has 2 aromatic rings. The number of methoxy groups -OCH3 is 1. The summed E-state index contributed by atoms with van der Waals surface area (Å²) in [5.41, 5.74) is 0.696. The molecule has 1 unspecified atom stereocenters. The molecule has 1 N–H and O–H groups in total. The van der Waals surface area contributed by atoms with Gasteiger partial charge < -0.3 is 14.8 Å². The van der Waals surface area contributed by atoms with Crippen LogP contribution in [0.3, 0.4) is 0 Å². The average molecular weight is 327 g/mol. The predicted molar refractivity (Wildman–Crippen MR) is 91.5 cm³/mol. The minimum absolute atomic E-state index is 0.154. The van der Waals surface area contributed by atoms with Crippen LogP contribution in [-0.2, 0) is 9.53 Å². The molecule has 0 saturated carbocycles. The molecule has 1 atom stereocenters. The Bertz CT molecular complexity index is 715. The molecule has 23 heavy (non-hydrogen) atoms. The van der Waals surface area contributed by atoms with Crippen molar-refractivity contribution < 1.29 is 14.3 Å². The van der Waals surface area contributed by atoms with E-state index in [1.165, 1.54) is 11.8 Å². The van der Waals surface area contributed by atoms with E-state index in [9.17, 15) is 4.79 Å². The molecule has 2 aromatic carbocycles. The molecule has 1 heterocycles. The van der Waals surface area contributed by atoms with Crippen LogP contribution >= 0.6 is 11.8 Å². The fraction of sp³-hybridized carbons (Fsp3) is 0.167. The molecule has 0 saturated heterocycles. The first-order valence-corrected chi connectivity index (χ1v) is 8.11. The van der Waals surface area contributed by atoms with Crippen LogP contribution in [0.1, 0.15) is 6.42 Å². The highest BCUT2D eigenvalue weighted by Gasteiger charge is 2.26. The van der Waals surface area contributed by atoms with Crippen LogP contribution in [0.15, 0.2) is 70.7 Å². The molecule has 0 spiro atoms. The van der Waals surface area contributed by atoms with Gasteiger partial charge >= 0.3 is 0 Å². The van der Waals surface area contributed by atoms with Gasteiger partial charge in [0.15, 0.2) is 11.2 Å². The van der Waals surface area contributed by atoms with E-state index in [4.69, 9.17) is 9.47 Å². The summed E-state index contributed by atoms with van der Waals surface area (Å²) in [7, 11) is 1.60. The van der Waals surface area contributed by atoms with E-state index in [0.717, 1.165) is 9.99 Å². The van der Waals surface area contributed by atoms with Gasteiger partial charge in [0, 0.05) is 23.1 Å². The second kappa shape index (κ2) is 7.24. The Labute approximate surface area is 139 Å². The molecule has 3 rings (SSSR count). The van der Waals surface area contributed by atoms with E-state index in [-0.39, 0.29) is 5.91 Å². The highest BCUT2D eigenvalue weighted by molar-refractivity contribution is 8.02. The summed E-state index contributed by atoms with van der Waals surface area (Å²) >= 11 is 1.52. The smallest absolute Gasteiger partial charge is 0.265 e. The Morgan fingerprint density at radius 1 is 1.22 bits per heavy atom. The molecule has 0 aromatic heterocycles. The molecule has 1 amide bonds. The third-order valence-corrected chi connectivity index (χ3v) is 4.32. The number of benzene rings is 2. The molecule has 1 aliphatic heterocycles. The van der Waals surface area contributed by atoms with Crippen molar-refractivity contribution in [1.29, 1.82) is 0 Å². The Morgan fingerprint density at radius 2 is 2.04 bits per heavy atom. The molecule has 5 heteroatoms. The van der Waals surface area contributed by atoms with Crippen LogP contribution in [0.5, 0.6) is 5.75 Å². The van der Waals surface area contributed by atoms with Crippen molar-refractivity contribution in [2.45, 2.75) is 17.4 Å². The Morgan fingerprint density at radius 3 is 2.83 bits per heavy atom. The largest absolute Gasteiger partial charge is 0.497 e. The SMILES string of the molecule is COc1cccc(NC(=O)C2CC=C(Sc3ccccc3)O2)c1. The number of hydrogen-bond acceptors (Lipinski definition) is 4. The van der Waals surface area contributed by atoms with Gasteiger partial charge in [-0.1, -0.05) is 36.0 Å². The minimum Gasteiger partial charge on any atom is -0.497 e. The number of anilines is 1. The van der Waals surface area contributed by atoms with E-state index in [1.807, 2.05) is 54.6 Å². The van der Waals surface area contributed by atoms with E-state index in [2.05, 4.69) is 5.32 Å². The van der Waals surface area contributed by atoms with Crippen molar-refractivity contribution in [2.75, 3.05) is 12.4 Å². The fourth-order valence-corrected chi connectivity index (χ4v) is 3.06. The van der Waals surface area contributed by atoms with Crippen molar-refractivity contribution in [3.8, 4) is 5.75 Å². The van der Waals surface area contributed by atoms with Gasteiger partial charge in [-0.05, 0) is 30.3 Å². The molecule has 118 valence electrons. The van der Waals surface area contributed by atoms with Gasteiger partial charge in [-0.25, -0.2) is 0 Å². The average Bonchev–Trinajstić information content (AvgIpc) is 3.04. The molecular weight excluding hydrogens is 310 g/mol. The number of ether oxygens (including phenoxy) is 2. The van der Waals surface area contributed by atoms with Crippen LogP contribution in [0.4, 0.5) is 5.69 Å². The van der Waals surface area contributed by atoms with E-state index in [0.29, 0.717) is 17.9 Å². The highest BCUT2D eigenvalue weighted by Crippen LogP contribution is 2.33. The lowest BCUT2D eigenvalue weighted by Gasteiger charge is -2.13. The van der Waals surface area contributed by atoms with Crippen LogP contribution in [0.2, 0.25) is 0 Å². The second-order valence-electron chi connectivity index (χ2n) is 5.00. The summed E-state index contributed by atoms with van der Waals surface area (Å²) in [6.07, 6.45) is 2.03. The third-order valence-electron chi connectivity index (χ3n) is 3.35. The van der Waals surface area contributed by atoms with Crippen molar-refractivity contribution in [3.63, 3.8) is 0 Å². The lowest BCUT2D eigenvalue weighted by molar-refractivity contribution is -0.123. The van der Waals surface area contributed by atoms with E-state index in [1.54, 1.807) is 13.2 Å². The monoisotopic (exact) mass is 327 g/mol. The first-order valence-electron chi connectivity index (χ1n) is 7.29. The zero-order valence-corrected chi connectivity index (χ0v) is 13.5. The van der Waals surface area contributed by atoms with E-state index < -0.39 is 6.10 Å². The van der Waals surface area contributed by atoms with Gasteiger partial charge in [0.25, 0.3) is 5.91 Å². The number of rotatable bonds is 5. The maximum Gasteiger partial charge on any atom is 0.265 e. The van der Waals surface area contributed by atoms with Crippen LogP contribution in [-0.4, -0.2) is 19.1 Å². The minimum atomic E-state index is -0.493. The van der Waals surface area contributed by atoms with Crippen LogP contribution < -0.4 is 10.1 Å². The quantitative estimate of drug-likeness (QED) is 0.900. The Balaban J connectivity index is 1.56. The zero-order chi connectivity index (χ0) is 16.1. The topological polar surface area (TPSA) is 47.6 Å². The van der Waals surface area contributed by atoms with Gasteiger partial charge in [0.1, 0.15) is 5.75 Å². The summed E-state index contributed by atoms with van der Waals surface area (Å²) in [4.78, 5) is 13.4. The lowest BCUT2D eigenvalue weighted by atomic mass is 10.2. The van der Waals surface area contributed by atoms with Crippen molar-refractivity contribution in [3.05, 3.63) is 65.8 Å². The van der Waals surface area contributed by atoms with Gasteiger partial charge in [-0.3, -0.25) is 4.79 Å². The first kappa shape index (κ1) is 15.5. The summed E-state index contributed by atoms with van der Waals surface area (Å²) in [6, 6.07) is 17.2. The summed E-state index contributed by atoms with van der Waals surface area (Å²) in [5.74, 6) is 0.548. The second-order valence-corrected chi connectivity index (χ2v) is 6.08. The molecule has 0 fully saturated rings. The van der Waals surface area contributed by atoms with Crippen molar-refractivity contribution in [1.82, 2.24) is 0 Å². The summed E-state index contributed by atoms with van der Waals surface area (Å²) < 4.78 is 10.9. The van der Waals surface area contributed by atoms with Crippen LogP contribution in [0, 0.1) is 0 Å². The molecule has 1 aliphatic rings. The first-order chi connectivity index (χ1) is 11.2. The summed E-state index contributed by atoms with van der Waals surface area (Å²) in [6.45, 7) is 0. The third kappa shape index (κ3) is 4.07. The number of amides is 1. The predicted octanol–water partition coefficient (Wildman–Crippen LogP) is 4.06.